The van der Waals surface area contributed by atoms with Crippen molar-refractivity contribution >= 4 is 44.4 Å². The van der Waals surface area contributed by atoms with E-state index in [1.807, 2.05) is 12.4 Å². The van der Waals surface area contributed by atoms with Gasteiger partial charge in [-0.15, -0.1) is 0 Å². The van der Waals surface area contributed by atoms with E-state index in [2.05, 4.69) is 61.2 Å². The summed E-state index contributed by atoms with van der Waals surface area (Å²) in [6, 6.07) is 6.31. The summed E-state index contributed by atoms with van der Waals surface area (Å²) in [6.45, 7) is 0. The third-order valence-electron chi connectivity index (χ3n) is 2.41. The summed E-state index contributed by atoms with van der Waals surface area (Å²) in [5, 5.41) is 5.04. The van der Waals surface area contributed by atoms with E-state index in [1.54, 1.807) is 0 Å². The molecule has 0 saturated heterocycles. The lowest BCUT2D eigenvalue weighted by molar-refractivity contribution is 1.37. The molecule has 3 aromatic rings. The monoisotopic (exact) mass is 294 g/mol. The number of halogens is 1. The molecule has 0 N–H and O–H groups in total. The van der Waals surface area contributed by atoms with Crippen molar-refractivity contribution in [1.82, 2.24) is 7.76 Å². The average Bonchev–Trinajstić information content (AvgIpc) is 2.59. The summed E-state index contributed by atoms with van der Waals surface area (Å²) in [5.41, 5.74) is 0. The fraction of sp³-hybridized carbons (Fsp3) is 0. The van der Waals surface area contributed by atoms with Crippen molar-refractivity contribution in [1.29, 1.82) is 0 Å². The van der Waals surface area contributed by atoms with Gasteiger partial charge in [0.1, 0.15) is 0 Å². The van der Waals surface area contributed by atoms with E-state index < -0.39 is 0 Å². The number of fused-ring (bicyclic) bond motifs is 3. The largest absolute Gasteiger partial charge is 0.296 e. The molecule has 0 amide bonds. The van der Waals surface area contributed by atoms with Gasteiger partial charge in [0.25, 0.3) is 0 Å². The predicted octanol–water partition coefficient (Wildman–Crippen LogP) is 3.39. The summed E-state index contributed by atoms with van der Waals surface area (Å²) in [5.74, 6) is 0. The molecule has 2 heterocycles. The molecule has 3 rings (SSSR count). The maximum Gasteiger partial charge on any atom is 0.0634 e. The topological polar surface area (TPSA) is 17.8 Å². The molecule has 2 aromatic heterocycles. The number of nitrogens with zero attached hydrogens (tertiary/aromatic N) is 2. The lowest BCUT2D eigenvalue weighted by Crippen LogP contribution is -1.74. The Bertz CT molecular complexity index is 613. The molecule has 0 bridgehead atoms. The molecule has 0 aliphatic rings. The molecule has 0 saturated carbocycles. The Balaban J connectivity index is 2.60. The highest BCUT2D eigenvalue weighted by Crippen LogP contribution is 2.25. The van der Waals surface area contributed by atoms with Crippen LogP contribution in [0, 0.1) is 0 Å². The minimum atomic E-state index is 1.20. The second-order valence-electron chi connectivity index (χ2n) is 3.27. The molecule has 3 heteroatoms. The molecule has 0 fully saturated rings. The van der Waals surface area contributed by atoms with Crippen LogP contribution in [-0.4, -0.2) is 7.76 Å². The molecular weight excluding hydrogens is 287 g/mol. The molecule has 14 heavy (non-hydrogen) atoms. The van der Waals surface area contributed by atoms with E-state index in [9.17, 15) is 0 Å². The smallest absolute Gasteiger partial charge is 0.0634 e. The summed E-state index contributed by atoms with van der Waals surface area (Å²) in [6.07, 6.45) is 8.00. The summed E-state index contributed by atoms with van der Waals surface area (Å²) < 4.78 is 2.06. The standard InChI is InChI=1S/C11H7IN2/c12-14-6-9-2-1-8-5-13-4-3-10(8)11(9)7-14/h1-7H. The highest BCUT2D eigenvalue weighted by atomic mass is 127. The predicted molar refractivity (Wildman–Crippen MR) is 66.7 cm³/mol. The fourth-order valence-corrected chi connectivity index (χ4v) is 2.34. The van der Waals surface area contributed by atoms with Gasteiger partial charge in [0.05, 0.1) is 22.9 Å². The van der Waals surface area contributed by atoms with Crippen LogP contribution in [-0.2, 0) is 0 Å². The van der Waals surface area contributed by atoms with Crippen LogP contribution >= 0.6 is 22.9 Å². The molecule has 68 valence electrons. The number of rotatable bonds is 0. The second kappa shape index (κ2) is 2.95. The third kappa shape index (κ3) is 1.12. The molecule has 0 spiro atoms. The van der Waals surface area contributed by atoms with Crippen LogP contribution < -0.4 is 0 Å². The van der Waals surface area contributed by atoms with Crippen LogP contribution in [0.3, 0.4) is 0 Å². The highest BCUT2D eigenvalue weighted by Gasteiger charge is 2.01. The Morgan fingerprint density at radius 2 is 1.86 bits per heavy atom. The number of benzene rings is 1. The average molecular weight is 294 g/mol. The fourth-order valence-electron chi connectivity index (χ4n) is 1.76. The van der Waals surface area contributed by atoms with Crippen molar-refractivity contribution in [2.75, 3.05) is 0 Å². The van der Waals surface area contributed by atoms with Gasteiger partial charge in [0, 0.05) is 40.9 Å². The van der Waals surface area contributed by atoms with Gasteiger partial charge >= 0.3 is 0 Å². The zero-order valence-electron chi connectivity index (χ0n) is 7.31. The van der Waals surface area contributed by atoms with Crippen LogP contribution in [0.2, 0.25) is 0 Å². The Morgan fingerprint density at radius 3 is 2.79 bits per heavy atom. The zero-order chi connectivity index (χ0) is 9.54. The van der Waals surface area contributed by atoms with Gasteiger partial charge in [-0.05, 0) is 11.5 Å². The molecule has 0 radical (unpaired) electrons. The minimum Gasteiger partial charge on any atom is -0.296 e. The van der Waals surface area contributed by atoms with Crippen molar-refractivity contribution in [2.45, 2.75) is 0 Å². The van der Waals surface area contributed by atoms with Crippen molar-refractivity contribution in [3.63, 3.8) is 0 Å². The number of hydrogen-bond donors (Lipinski definition) is 0. The minimum absolute atomic E-state index is 1.20. The summed E-state index contributed by atoms with van der Waals surface area (Å²) in [7, 11) is 0. The first-order valence-electron chi connectivity index (χ1n) is 4.35. The maximum atomic E-state index is 4.12. The van der Waals surface area contributed by atoms with Crippen LogP contribution in [0.4, 0.5) is 0 Å². The zero-order valence-corrected chi connectivity index (χ0v) is 9.47. The SMILES string of the molecule is In1cc2ccc3cnccc3c2c1. The second-order valence-corrected chi connectivity index (χ2v) is 4.38. The van der Waals surface area contributed by atoms with E-state index in [4.69, 9.17) is 0 Å². The Labute approximate surface area is 95.1 Å². The van der Waals surface area contributed by atoms with Crippen LogP contribution in [0.25, 0.3) is 21.5 Å². The van der Waals surface area contributed by atoms with Crippen molar-refractivity contribution < 1.29 is 0 Å². The first-order chi connectivity index (χ1) is 6.84. The number of pyridine rings is 1. The third-order valence-corrected chi connectivity index (χ3v) is 2.97. The van der Waals surface area contributed by atoms with Gasteiger partial charge in [-0.25, -0.2) is 0 Å². The van der Waals surface area contributed by atoms with Crippen molar-refractivity contribution in [3.8, 4) is 0 Å². The van der Waals surface area contributed by atoms with Crippen LogP contribution in [0.15, 0.2) is 43.0 Å². The molecule has 0 unspecified atom stereocenters. The van der Waals surface area contributed by atoms with Gasteiger partial charge in [-0.2, -0.15) is 0 Å². The van der Waals surface area contributed by atoms with Crippen molar-refractivity contribution in [3.05, 3.63) is 43.0 Å². The van der Waals surface area contributed by atoms with Gasteiger partial charge in [0.15, 0.2) is 0 Å². The molecule has 0 aliphatic heterocycles. The molecular formula is C11H7IN2. The molecule has 2 nitrogen and oxygen atoms in total. The first kappa shape index (κ1) is 8.23. The van der Waals surface area contributed by atoms with E-state index in [0.717, 1.165) is 0 Å². The quantitative estimate of drug-likeness (QED) is 0.581. The summed E-state index contributed by atoms with van der Waals surface area (Å²) in [4.78, 5) is 4.12. The molecule has 0 aliphatic carbocycles. The van der Waals surface area contributed by atoms with Gasteiger partial charge < -0.3 is 0 Å². The lowest BCUT2D eigenvalue weighted by Gasteiger charge is -1.96. The van der Waals surface area contributed by atoms with E-state index in [-0.39, 0.29) is 0 Å². The Kier molecular flexibility index (Phi) is 1.73. The van der Waals surface area contributed by atoms with Crippen LogP contribution in [0.1, 0.15) is 0 Å². The van der Waals surface area contributed by atoms with Gasteiger partial charge in [-0.3, -0.25) is 7.76 Å². The highest BCUT2D eigenvalue weighted by molar-refractivity contribution is 14.1. The van der Waals surface area contributed by atoms with E-state index in [1.165, 1.54) is 21.5 Å². The van der Waals surface area contributed by atoms with Gasteiger partial charge in [-0.1, -0.05) is 12.1 Å². The van der Waals surface area contributed by atoms with E-state index >= 15 is 0 Å². The molecule has 0 atom stereocenters. The molecule has 1 aromatic carbocycles. The number of hydrogen-bond acceptors (Lipinski definition) is 1. The Morgan fingerprint density at radius 1 is 1.00 bits per heavy atom. The van der Waals surface area contributed by atoms with Crippen LogP contribution in [0.5, 0.6) is 0 Å². The van der Waals surface area contributed by atoms with Gasteiger partial charge in [0.2, 0.25) is 0 Å². The Hall–Kier alpha value is -1.10. The first-order valence-corrected chi connectivity index (χ1v) is 5.32. The summed E-state index contributed by atoms with van der Waals surface area (Å²) >= 11 is 2.27. The number of aromatic nitrogens is 2. The normalized spacial score (nSPS) is 11.2. The lowest BCUT2D eigenvalue weighted by atomic mass is 10.1. The van der Waals surface area contributed by atoms with E-state index in [0.29, 0.717) is 0 Å². The maximum absolute atomic E-state index is 4.12. The van der Waals surface area contributed by atoms with Crippen molar-refractivity contribution in [2.24, 2.45) is 0 Å².